The normalized spacial score (nSPS) is 17.2. The summed E-state index contributed by atoms with van der Waals surface area (Å²) in [5.41, 5.74) is 1.04. The zero-order valence-corrected chi connectivity index (χ0v) is 12.7. The summed E-state index contributed by atoms with van der Waals surface area (Å²) in [5, 5.41) is 18.2. The van der Waals surface area contributed by atoms with Crippen molar-refractivity contribution < 1.29 is 9.72 Å². The average molecular weight is 315 g/mol. The molecule has 1 fully saturated rings. The number of nitrogens with zero attached hydrogens (tertiary/aromatic N) is 4. The maximum absolute atomic E-state index is 12.5. The van der Waals surface area contributed by atoms with Crippen LogP contribution in [0.2, 0.25) is 0 Å². The Balaban J connectivity index is 1.76. The van der Waals surface area contributed by atoms with Crippen LogP contribution in [0.5, 0.6) is 0 Å². The first kappa shape index (κ1) is 15.2. The maximum atomic E-state index is 12.5. The van der Waals surface area contributed by atoms with Crippen LogP contribution in [-0.4, -0.2) is 51.7 Å². The van der Waals surface area contributed by atoms with E-state index in [1.807, 2.05) is 0 Å². The third-order valence-corrected chi connectivity index (χ3v) is 4.04. The van der Waals surface area contributed by atoms with Crippen molar-refractivity contribution in [1.82, 2.24) is 20.0 Å². The molecule has 0 aliphatic carbocycles. The van der Waals surface area contributed by atoms with Crippen LogP contribution in [0.3, 0.4) is 0 Å². The number of nitro benzene ring substituents is 1. The number of hydrogen-bond acceptors (Lipinski definition) is 5. The molecule has 8 heteroatoms. The number of aromatic nitrogens is 2. The van der Waals surface area contributed by atoms with Gasteiger partial charge in [0.25, 0.3) is 11.6 Å². The van der Waals surface area contributed by atoms with Crippen molar-refractivity contribution in [3.63, 3.8) is 0 Å². The van der Waals surface area contributed by atoms with Crippen LogP contribution >= 0.6 is 0 Å². The van der Waals surface area contributed by atoms with Gasteiger partial charge in [0.05, 0.1) is 10.6 Å². The van der Waals surface area contributed by atoms with Gasteiger partial charge in [0.15, 0.2) is 5.69 Å². The van der Waals surface area contributed by atoms with E-state index >= 15 is 0 Å². The van der Waals surface area contributed by atoms with Crippen LogP contribution < -0.4 is 5.32 Å². The summed E-state index contributed by atoms with van der Waals surface area (Å²) in [6.07, 6.45) is 2.61. The van der Waals surface area contributed by atoms with E-state index in [0.717, 1.165) is 19.5 Å². The number of nitrogens with one attached hydrogen (secondary N) is 1. The molecule has 1 aliphatic rings. The second kappa shape index (κ2) is 6.17. The molecule has 1 saturated heterocycles. The fourth-order valence-corrected chi connectivity index (χ4v) is 2.63. The lowest BCUT2D eigenvalue weighted by atomic mass is 10.2. The molecule has 3 rings (SSSR count). The van der Waals surface area contributed by atoms with E-state index in [2.05, 4.69) is 10.4 Å². The van der Waals surface area contributed by atoms with Crippen molar-refractivity contribution >= 4 is 11.6 Å². The molecule has 0 radical (unpaired) electrons. The highest BCUT2D eigenvalue weighted by atomic mass is 16.6. The smallest absolute Gasteiger partial charge is 0.274 e. The lowest BCUT2D eigenvalue weighted by Gasteiger charge is -2.22. The van der Waals surface area contributed by atoms with Crippen LogP contribution in [0.25, 0.3) is 5.69 Å². The molecule has 23 heavy (non-hydrogen) atoms. The molecular formula is C15H17N5O3. The fourth-order valence-electron chi connectivity index (χ4n) is 2.63. The van der Waals surface area contributed by atoms with Gasteiger partial charge in [-0.1, -0.05) is 0 Å². The first-order valence-electron chi connectivity index (χ1n) is 7.34. The number of nitro groups is 1. The van der Waals surface area contributed by atoms with Crippen LogP contribution in [0.15, 0.2) is 36.5 Å². The van der Waals surface area contributed by atoms with Crippen LogP contribution in [0.4, 0.5) is 5.69 Å². The third-order valence-electron chi connectivity index (χ3n) is 4.04. The molecule has 1 unspecified atom stereocenters. The van der Waals surface area contributed by atoms with Gasteiger partial charge in [0.1, 0.15) is 0 Å². The minimum atomic E-state index is -0.452. The lowest BCUT2D eigenvalue weighted by molar-refractivity contribution is -0.384. The van der Waals surface area contributed by atoms with Gasteiger partial charge in [-0.3, -0.25) is 14.9 Å². The number of rotatable bonds is 4. The number of amides is 1. The van der Waals surface area contributed by atoms with Gasteiger partial charge in [0.2, 0.25) is 0 Å². The molecule has 120 valence electrons. The largest absolute Gasteiger partial charge is 0.336 e. The molecule has 0 spiro atoms. The highest BCUT2D eigenvalue weighted by Gasteiger charge is 2.25. The van der Waals surface area contributed by atoms with E-state index in [9.17, 15) is 14.9 Å². The summed E-state index contributed by atoms with van der Waals surface area (Å²) in [7, 11) is 1.78. The first-order chi connectivity index (χ1) is 11.1. The Labute approximate surface area is 132 Å². The molecule has 0 bridgehead atoms. The number of carbonyl (C=O) groups excluding carboxylic acids is 1. The topological polar surface area (TPSA) is 93.3 Å². The summed E-state index contributed by atoms with van der Waals surface area (Å²) in [6, 6.07) is 7.87. The van der Waals surface area contributed by atoms with Gasteiger partial charge in [0, 0.05) is 38.0 Å². The standard InChI is InChI=1S/C15H17N5O3/c1-18(13-6-8-16-10-13)15(21)14-7-9-19(17-14)11-2-4-12(5-3-11)20(22)23/h2-5,7,9,13,16H,6,8,10H2,1H3. The van der Waals surface area contributed by atoms with Gasteiger partial charge >= 0.3 is 0 Å². The lowest BCUT2D eigenvalue weighted by Crippen LogP contribution is -2.38. The average Bonchev–Trinajstić information content (AvgIpc) is 3.25. The molecule has 1 amide bonds. The molecule has 8 nitrogen and oxygen atoms in total. The summed E-state index contributed by atoms with van der Waals surface area (Å²) in [5.74, 6) is -0.126. The highest BCUT2D eigenvalue weighted by Crippen LogP contribution is 2.16. The molecule has 1 aromatic heterocycles. The van der Waals surface area contributed by atoms with Gasteiger partial charge in [-0.05, 0) is 31.2 Å². The molecule has 1 N–H and O–H groups in total. The van der Waals surface area contributed by atoms with E-state index in [1.54, 1.807) is 36.3 Å². The van der Waals surface area contributed by atoms with Crippen molar-refractivity contribution in [1.29, 1.82) is 0 Å². The quantitative estimate of drug-likeness (QED) is 0.676. The molecule has 1 atom stereocenters. The van der Waals surface area contributed by atoms with Gasteiger partial charge in [-0.25, -0.2) is 4.68 Å². The minimum absolute atomic E-state index is 0.0191. The molecule has 2 aromatic rings. The van der Waals surface area contributed by atoms with E-state index in [1.165, 1.54) is 16.8 Å². The highest BCUT2D eigenvalue weighted by molar-refractivity contribution is 5.92. The monoisotopic (exact) mass is 315 g/mol. The van der Waals surface area contributed by atoms with Crippen LogP contribution in [0.1, 0.15) is 16.9 Å². The van der Waals surface area contributed by atoms with Crippen molar-refractivity contribution in [3.05, 3.63) is 52.3 Å². The molecular weight excluding hydrogens is 298 g/mol. The minimum Gasteiger partial charge on any atom is -0.336 e. The summed E-state index contributed by atoms with van der Waals surface area (Å²) in [6.45, 7) is 1.71. The van der Waals surface area contributed by atoms with Gasteiger partial charge < -0.3 is 10.2 Å². The zero-order chi connectivity index (χ0) is 16.4. The number of benzene rings is 1. The van der Waals surface area contributed by atoms with Crippen LogP contribution in [0, 0.1) is 10.1 Å². The third kappa shape index (κ3) is 3.07. The van der Waals surface area contributed by atoms with E-state index < -0.39 is 4.92 Å². The maximum Gasteiger partial charge on any atom is 0.274 e. The van der Waals surface area contributed by atoms with Crippen molar-refractivity contribution in [2.24, 2.45) is 0 Å². The van der Waals surface area contributed by atoms with Gasteiger partial charge in [-0.15, -0.1) is 0 Å². The Morgan fingerprint density at radius 2 is 2.13 bits per heavy atom. The Morgan fingerprint density at radius 1 is 1.39 bits per heavy atom. The Kier molecular flexibility index (Phi) is 4.07. The Bertz CT molecular complexity index is 719. The summed E-state index contributed by atoms with van der Waals surface area (Å²) in [4.78, 5) is 24.4. The number of carbonyl (C=O) groups is 1. The van der Waals surface area contributed by atoms with Crippen LogP contribution in [-0.2, 0) is 0 Å². The predicted octanol–water partition coefficient (Wildman–Crippen LogP) is 1.21. The number of hydrogen-bond donors (Lipinski definition) is 1. The van der Waals surface area contributed by atoms with Crippen molar-refractivity contribution in [2.45, 2.75) is 12.5 Å². The Hall–Kier alpha value is -2.74. The molecule has 0 saturated carbocycles. The Morgan fingerprint density at radius 3 is 2.74 bits per heavy atom. The summed E-state index contributed by atoms with van der Waals surface area (Å²) < 4.78 is 1.54. The molecule has 2 heterocycles. The van der Waals surface area contributed by atoms with E-state index in [4.69, 9.17) is 0 Å². The fraction of sp³-hybridized carbons (Fsp3) is 0.333. The van der Waals surface area contributed by atoms with Crippen molar-refractivity contribution in [2.75, 3.05) is 20.1 Å². The molecule has 1 aliphatic heterocycles. The van der Waals surface area contributed by atoms with Gasteiger partial charge in [-0.2, -0.15) is 5.10 Å². The molecule has 1 aromatic carbocycles. The zero-order valence-electron chi connectivity index (χ0n) is 12.7. The van der Waals surface area contributed by atoms with E-state index in [-0.39, 0.29) is 17.6 Å². The predicted molar refractivity (Wildman–Crippen MR) is 83.6 cm³/mol. The number of non-ortho nitro benzene ring substituents is 1. The van der Waals surface area contributed by atoms with Crippen molar-refractivity contribution in [3.8, 4) is 5.69 Å². The second-order valence-corrected chi connectivity index (χ2v) is 5.48. The second-order valence-electron chi connectivity index (χ2n) is 5.48. The number of likely N-dealkylation sites (N-methyl/N-ethyl adjacent to an activating group) is 1. The first-order valence-corrected chi connectivity index (χ1v) is 7.34. The summed E-state index contributed by atoms with van der Waals surface area (Å²) >= 11 is 0. The van der Waals surface area contributed by atoms with E-state index in [0.29, 0.717) is 11.4 Å². The SMILES string of the molecule is CN(C(=O)c1ccn(-c2ccc([N+](=O)[O-])cc2)n1)C1CCNC1.